The Morgan fingerprint density at radius 3 is 0.909 bits per heavy atom. The molecule has 0 spiro atoms. The second-order valence-corrected chi connectivity index (χ2v) is 25.5. The zero-order valence-electron chi connectivity index (χ0n) is 50.8. The number of carboxylic acids is 3. The average Bonchev–Trinajstić information content (AvgIpc) is 4.54. The zero-order chi connectivity index (χ0) is 63.1. The highest BCUT2D eigenvalue weighted by Crippen LogP contribution is 2.19. The molecule has 3 aromatic carbocycles. The third-order valence-electron chi connectivity index (χ3n) is 15.7. The van der Waals surface area contributed by atoms with E-state index >= 15 is 0 Å². The molecule has 19 nitrogen and oxygen atoms in total. The predicted molar refractivity (Wildman–Crippen MR) is 330 cm³/mol. The summed E-state index contributed by atoms with van der Waals surface area (Å²) < 4.78 is 0. The zero-order valence-corrected chi connectivity index (χ0v) is 53.2. The number of piperidine rings is 3. The molecule has 3 fully saturated rings. The van der Waals surface area contributed by atoms with Crippen LogP contribution in [0.5, 0.6) is 0 Å². The summed E-state index contributed by atoms with van der Waals surface area (Å²) in [7, 11) is 0. The summed E-state index contributed by atoms with van der Waals surface area (Å²) in [5, 5.41) is 50.2. The van der Waals surface area contributed by atoms with Crippen LogP contribution in [-0.2, 0) is 82.4 Å². The van der Waals surface area contributed by atoms with E-state index < -0.39 is 36.4 Å². The first kappa shape index (κ1) is 70.4. The number of hydrogen-bond donors (Lipinski definition) is 4. The van der Waals surface area contributed by atoms with E-state index in [9.17, 15) is 44.1 Å². The van der Waals surface area contributed by atoms with E-state index in [-0.39, 0.29) is 35.8 Å². The molecule has 3 aromatic heterocycles. The number of likely N-dealkylation sites (tertiary alicyclic amines) is 3. The largest absolute Gasteiger partial charge is 0.550 e. The van der Waals surface area contributed by atoms with Crippen LogP contribution in [0, 0.1) is 0 Å². The molecule has 88 heavy (non-hydrogen) atoms. The average molecular weight is 1270 g/mol. The highest BCUT2D eigenvalue weighted by atomic mass is 32.1. The number of aliphatic hydroxyl groups is 1. The Kier molecular flexibility index (Phi) is 30.4. The van der Waals surface area contributed by atoms with Crippen molar-refractivity contribution in [1.29, 1.82) is 0 Å². The molecular formula is C66H86N6O13S3. The summed E-state index contributed by atoms with van der Waals surface area (Å²) in [6, 6.07) is 43.7. The van der Waals surface area contributed by atoms with Gasteiger partial charge in [0.25, 0.3) is 0 Å². The SMILES string of the molecule is CC(=O)N(OCc1ccccc1)C1CC[NH+](CCc2cccs2)CC1.CC(=O)N(OCc1ccccc1)C1CC[NH+](CCc2cccs2)CC1.CC(=O)N(OCc1ccccc1)C1CC[NH+](CCc2cccs2)CC1.O=C([O-])CC(O)(CC(=O)[O-])C(=O)[O-]. The fourth-order valence-corrected chi connectivity index (χ4v) is 13.1. The number of carbonyl (C=O) groups excluding carboxylic acids is 6. The molecule has 3 aliphatic heterocycles. The van der Waals surface area contributed by atoms with Crippen LogP contribution in [0.1, 0.15) is 103 Å². The van der Waals surface area contributed by atoms with Crippen molar-refractivity contribution in [3.05, 3.63) is 175 Å². The summed E-state index contributed by atoms with van der Waals surface area (Å²) in [6.45, 7) is 16.3. The van der Waals surface area contributed by atoms with Crippen molar-refractivity contribution < 1.29 is 78.4 Å². The minimum atomic E-state index is -2.97. The highest BCUT2D eigenvalue weighted by Gasteiger charge is 2.33. The monoisotopic (exact) mass is 1270 g/mol. The second-order valence-electron chi connectivity index (χ2n) is 22.4. The lowest BCUT2D eigenvalue weighted by atomic mass is 9.96. The van der Waals surface area contributed by atoms with Crippen LogP contribution in [-0.4, -0.2) is 139 Å². The normalized spacial score (nSPS) is 19.0. The molecule has 4 N–H and O–H groups in total. The molecule has 9 rings (SSSR count). The fraction of sp³-hybridized carbons (Fsp3) is 0.455. The molecule has 0 radical (unpaired) electrons. The summed E-state index contributed by atoms with van der Waals surface area (Å²) in [6.07, 6.45) is 6.79. The Morgan fingerprint density at radius 2 is 0.705 bits per heavy atom. The molecule has 0 saturated carbocycles. The number of quaternary nitrogens is 3. The maximum Gasteiger partial charge on any atom is 0.243 e. The lowest BCUT2D eigenvalue weighted by Crippen LogP contribution is -3.13. The van der Waals surface area contributed by atoms with Crippen LogP contribution in [0.25, 0.3) is 0 Å². The van der Waals surface area contributed by atoms with E-state index in [1.54, 1.807) is 50.7 Å². The fourth-order valence-electron chi connectivity index (χ4n) is 10.9. The van der Waals surface area contributed by atoms with E-state index in [0.29, 0.717) is 19.8 Å². The lowest BCUT2D eigenvalue weighted by molar-refractivity contribution is -0.905. The van der Waals surface area contributed by atoms with Crippen LogP contribution in [0.3, 0.4) is 0 Å². The number of carbonyl (C=O) groups is 6. The van der Waals surface area contributed by atoms with Gasteiger partial charge in [-0.25, -0.2) is 15.2 Å². The molecule has 3 amide bonds. The smallest absolute Gasteiger partial charge is 0.243 e. The Balaban J connectivity index is 0.000000192. The number of nitrogens with zero attached hydrogens (tertiary/aromatic N) is 3. The molecule has 0 atom stereocenters. The number of benzene rings is 3. The molecule has 476 valence electrons. The molecule has 0 unspecified atom stereocenters. The molecule has 3 aliphatic rings. The maximum atomic E-state index is 12.0. The van der Waals surface area contributed by atoms with Gasteiger partial charge in [0.2, 0.25) is 17.7 Å². The summed E-state index contributed by atoms with van der Waals surface area (Å²) >= 11 is 5.52. The number of aliphatic carboxylic acids is 3. The van der Waals surface area contributed by atoms with Gasteiger partial charge in [0.1, 0.15) is 25.4 Å². The summed E-state index contributed by atoms with van der Waals surface area (Å²) in [5.41, 5.74) is 0.297. The van der Waals surface area contributed by atoms with Crippen molar-refractivity contribution in [2.24, 2.45) is 0 Å². The lowest BCUT2D eigenvalue weighted by Gasteiger charge is -2.35. The minimum absolute atomic E-state index is 0.00275. The van der Waals surface area contributed by atoms with Crippen molar-refractivity contribution in [2.45, 2.75) is 135 Å². The Bertz CT molecular complexity index is 2650. The van der Waals surface area contributed by atoms with Crippen molar-refractivity contribution in [2.75, 3.05) is 58.9 Å². The summed E-state index contributed by atoms with van der Waals surface area (Å²) in [5.74, 6) is -5.98. The molecule has 3 saturated heterocycles. The van der Waals surface area contributed by atoms with Gasteiger partial charge in [-0.1, -0.05) is 109 Å². The van der Waals surface area contributed by atoms with Gasteiger partial charge >= 0.3 is 0 Å². The van der Waals surface area contributed by atoms with Crippen LogP contribution < -0.4 is 30.0 Å². The number of nitrogens with one attached hydrogen (secondary N) is 3. The van der Waals surface area contributed by atoms with Gasteiger partial charge in [-0.2, -0.15) is 0 Å². The molecular weight excluding hydrogens is 1180 g/mol. The Labute approximate surface area is 529 Å². The van der Waals surface area contributed by atoms with E-state index in [2.05, 4.69) is 52.5 Å². The standard InChI is InChI=1S/3C20H26N2O2S.C6H8O7/c3*1-17(23)22(24-16-18-6-3-2-4-7-18)19-9-12-21(13-10-19)14-11-20-8-5-15-25-20;7-3(8)1-6(13,5(11)12)2-4(9)10/h3*2-8,15,19H,9-14,16H2,1H3;13H,1-2H2,(H,7,8)(H,9,10)(H,11,12). The minimum Gasteiger partial charge on any atom is -0.550 e. The first-order chi connectivity index (χ1) is 42.4. The summed E-state index contributed by atoms with van der Waals surface area (Å²) in [4.78, 5) is 92.9. The number of carboxylic acid groups (broad SMARTS) is 3. The quantitative estimate of drug-likeness (QED) is 0.0567. The van der Waals surface area contributed by atoms with E-state index in [1.807, 2.05) is 125 Å². The van der Waals surface area contributed by atoms with Gasteiger partial charge in [0.15, 0.2) is 0 Å². The first-order valence-electron chi connectivity index (χ1n) is 30.3. The van der Waals surface area contributed by atoms with Gasteiger partial charge < -0.3 is 49.5 Å². The molecule has 0 bridgehead atoms. The highest BCUT2D eigenvalue weighted by molar-refractivity contribution is 7.10. The van der Waals surface area contributed by atoms with Crippen LogP contribution in [0.4, 0.5) is 0 Å². The third-order valence-corrected chi connectivity index (χ3v) is 18.5. The van der Waals surface area contributed by atoms with E-state index in [0.717, 1.165) is 114 Å². The van der Waals surface area contributed by atoms with Crippen molar-refractivity contribution in [3.63, 3.8) is 0 Å². The molecule has 0 aliphatic carbocycles. The van der Waals surface area contributed by atoms with Gasteiger partial charge in [0.05, 0.1) is 83.0 Å². The Morgan fingerprint density at radius 1 is 0.443 bits per heavy atom. The van der Waals surface area contributed by atoms with Gasteiger partial charge in [0, 0.05) is 118 Å². The van der Waals surface area contributed by atoms with Gasteiger partial charge in [-0.3, -0.25) is 28.9 Å². The topological polar surface area (TPSA) is 243 Å². The predicted octanol–water partition coefficient (Wildman–Crippen LogP) is 1.70. The maximum absolute atomic E-state index is 12.0. The van der Waals surface area contributed by atoms with Gasteiger partial charge in [-0.05, 0) is 51.0 Å². The van der Waals surface area contributed by atoms with Crippen LogP contribution in [0.2, 0.25) is 0 Å². The molecule has 22 heteroatoms. The first-order valence-corrected chi connectivity index (χ1v) is 32.9. The van der Waals surface area contributed by atoms with E-state index in [1.165, 1.54) is 34.3 Å². The number of hydroxylamine groups is 6. The van der Waals surface area contributed by atoms with E-state index in [4.69, 9.17) is 19.6 Å². The third kappa shape index (κ3) is 25.4. The van der Waals surface area contributed by atoms with Crippen LogP contribution >= 0.6 is 34.0 Å². The van der Waals surface area contributed by atoms with Crippen LogP contribution in [0.15, 0.2) is 144 Å². The number of hydrogen-bond acceptors (Lipinski definition) is 16. The number of rotatable bonds is 26. The number of amides is 3. The van der Waals surface area contributed by atoms with Gasteiger partial charge in [-0.15, -0.1) is 34.0 Å². The Hall–Kier alpha value is -6.70. The molecule has 6 aromatic rings. The second kappa shape index (κ2) is 38.0. The number of thiophene rings is 3. The molecule has 6 heterocycles. The van der Waals surface area contributed by atoms with Crippen molar-refractivity contribution >= 4 is 69.6 Å². The van der Waals surface area contributed by atoms with Crippen molar-refractivity contribution in [3.8, 4) is 0 Å². The van der Waals surface area contributed by atoms with Crippen molar-refractivity contribution in [1.82, 2.24) is 15.2 Å².